The van der Waals surface area contributed by atoms with Crippen molar-refractivity contribution >= 4 is 11.6 Å². The first kappa shape index (κ1) is 7.78. The number of alkyl halides is 1. The van der Waals surface area contributed by atoms with Gasteiger partial charge in [0.2, 0.25) is 0 Å². The molecule has 7 rings (SSSR count). The Morgan fingerprint density at radius 3 is 2.31 bits per heavy atom. The number of hydrogen-bond donors (Lipinski definition) is 1. The number of aliphatic hydroxyl groups is 1. The number of halogens is 1. The number of hydrogen-bond acceptors (Lipinski definition) is 2. The summed E-state index contributed by atoms with van der Waals surface area (Å²) in [7, 11) is 0. The van der Waals surface area contributed by atoms with Crippen molar-refractivity contribution < 1.29 is 9.52 Å². The first-order valence-corrected chi connectivity index (χ1v) is 6.53. The van der Waals surface area contributed by atoms with Gasteiger partial charge in [-0.15, -0.1) is 11.6 Å². The van der Waals surface area contributed by atoms with E-state index >= 15 is 0 Å². The molecular formula is C13H11ClO2. The lowest BCUT2D eigenvalue weighted by Crippen LogP contribution is -3.12. The summed E-state index contributed by atoms with van der Waals surface area (Å²) in [6.07, 6.45) is 1.29. The quantitative estimate of drug-likeness (QED) is 0.795. The molecule has 0 aromatic carbocycles. The zero-order chi connectivity index (χ0) is 10.4. The Hall–Kier alpha value is -0.470. The fourth-order valence-corrected chi connectivity index (χ4v) is 7.53. The van der Waals surface area contributed by atoms with Crippen LogP contribution in [-0.4, -0.2) is 9.98 Å². The fourth-order valence-electron chi connectivity index (χ4n) is 6.72. The summed E-state index contributed by atoms with van der Waals surface area (Å²) in [5.41, 5.74) is 0.203. The molecule has 1 atom stereocenters. The Balaban J connectivity index is 1.46. The number of aliphatic hydroxyl groups excluding tert-OH is 1. The molecule has 3 heteroatoms. The summed E-state index contributed by atoms with van der Waals surface area (Å²) in [6.45, 7) is 0. The van der Waals surface area contributed by atoms with E-state index in [1.807, 2.05) is 12.1 Å². The highest BCUT2D eigenvalue weighted by Crippen LogP contribution is 3.10. The first-order valence-electron chi connectivity index (χ1n) is 6.15. The van der Waals surface area contributed by atoms with E-state index in [9.17, 15) is 5.11 Å². The van der Waals surface area contributed by atoms with Crippen molar-refractivity contribution in [1.29, 1.82) is 0 Å². The van der Waals surface area contributed by atoms with Gasteiger partial charge >= 0.3 is 0 Å². The van der Waals surface area contributed by atoms with E-state index in [1.54, 1.807) is 6.26 Å². The van der Waals surface area contributed by atoms with Crippen LogP contribution in [0.15, 0.2) is 22.8 Å². The van der Waals surface area contributed by atoms with Crippen LogP contribution in [-0.2, 0) is 0 Å². The third-order valence-corrected chi connectivity index (χ3v) is 7.63. The zero-order valence-electron chi connectivity index (χ0n) is 8.51. The third kappa shape index (κ3) is 0.363. The predicted octanol–water partition coefficient (Wildman–Crippen LogP) is 2.04. The second-order valence-electron chi connectivity index (χ2n) is 6.40. The lowest BCUT2D eigenvalue weighted by atomic mass is 8.95. The van der Waals surface area contributed by atoms with Gasteiger partial charge in [-0.05, 0) is 47.6 Å². The SMILES string of the molecule is OC(c1ccco1)C12C3C4C1C1C2C3C41Cl. The standard InChI is InChI=1S/C13H11ClO2/c14-13-8-5-9(13)7-10(13)6(8)12(5,7)11(15)4-2-1-3-16-4/h1-3,5-11,15H. The minimum atomic E-state index is -0.368. The Morgan fingerprint density at radius 1 is 1.19 bits per heavy atom. The molecule has 6 aliphatic carbocycles. The van der Waals surface area contributed by atoms with Gasteiger partial charge in [-0.1, -0.05) is 0 Å². The average Bonchev–Trinajstić information content (AvgIpc) is 2.82. The van der Waals surface area contributed by atoms with Gasteiger partial charge in [0.15, 0.2) is 0 Å². The molecule has 6 saturated carbocycles. The van der Waals surface area contributed by atoms with Crippen molar-refractivity contribution in [3.63, 3.8) is 0 Å². The molecule has 0 bridgehead atoms. The normalized spacial score (nSPS) is 71.4. The Labute approximate surface area is 97.6 Å². The Bertz CT molecular complexity index is 481. The summed E-state index contributed by atoms with van der Waals surface area (Å²) in [5.74, 6) is 5.19. The van der Waals surface area contributed by atoms with Crippen LogP contribution in [0, 0.1) is 40.9 Å². The molecular weight excluding hydrogens is 224 g/mol. The van der Waals surface area contributed by atoms with Crippen molar-refractivity contribution in [3.8, 4) is 0 Å². The minimum absolute atomic E-state index is 0.203. The van der Waals surface area contributed by atoms with Crippen molar-refractivity contribution in [2.24, 2.45) is 40.9 Å². The van der Waals surface area contributed by atoms with Gasteiger partial charge in [0.05, 0.1) is 11.1 Å². The maximum absolute atomic E-state index is 10.5. The van der Waals surface area contributed by atoms with E-state index in [0.717, 1.165) is 41.3 Å². The largest absolute Gasteiger partial charge is 0.467 e. The third-order valence-electron chi connectivity index (χ3n) is 6.87. The van der Waals surface area contributed by atoms with Crippen LogP contribution in [0.2, 0.25) is 0 Å². The zero-order valence-corrected chi connectivity index (χ0v) is 9.26. The van der Waals surface area contributed by atoms with Gasteiger partial charge in [-0.25, -0.2) is 0 Å². The summed E-state index contributed by atoms with van der Waals surface area (Å²) in [4.78, 5) is 0.213. The van der Waals surface area contributed by atoms with E-state index < -0.39 is 0 Å². The van der Waals surface area contributed by atoms with Gasteiger partial charge < -0.3 is 9.52 Å². The lowest BCUT2D eigenvalue weighted by Gasteiger charge is -3.10. The molecule has 16 heavy (non-hydrogen) atoms. The minimum Gasteiger partial charge on any atom is -0.467 e. The van der Waals surface area contributed by atoms with Crippen LogP contribution in [0.3, 0.4) is 0 Å². The molecule has 0 aliphatic heterocycles. The molecule has 1 aromatic heterocycles. The molecule has 6 aliphatic rings. The lowest BCUT2D eigenvalue weighted by molar-refractivity contribution is -0.615. The summed E-state index contributed by atoms with van der Waals surface area (Å²) >= 11 is 6.57. The van der Waals surface area contributed by atoms with Crippen LogP contribution in [0.4, 0.5) is 0 Å². The number of furan rings is 1. The molecule has 0 saturated heterocycles. The monoisotopic (exact) mass is 234 g/mol. The Kier molecular flexibility index (Phi) is 0.828. The maximum atomic E-state index is 10.5. The fraction of sp³-hybridized carbons (Fsp3) is 0.692. The highest BCUT2D eigenvalue weighted by molar-refractivity contribution is 6.28. The molecule has 1 heterocycles. The van der Waals surface area contributed by atoms with Gasteiger partial charge in [-0.3, -0.25) is 0 Å². The summed E-state index contributed by atoms with van der Waals surface area (Å²) < 4.78 is 5.37. The molecule has 1 aromatic rings. The van der Waals surface area contributed by atoms with Crippen LogP contribution in [0.5, 0.6) is 0 Å². The van der Waals surface area contributed by atoms with Crippen molar-refractivity contribution in [1.82, 2.24) is 0 Å². The molecule has 82 valence electrons. The average molecular weight is 235 g/mol. The topological polar surface area (TPSA) is 33.4 Å². The second-order valence-corrected chi connectivity index (χ2v) is 7.05. The van der Waals surface area contributed by atoms with Crippen molar-refractivity contribution in [2.45, 2.75) is 11.0 Å². The molecule has 1 N–H and O–H groups in total. The maximum Gasteiger partial charge on any atom is 0.132 e. The molecule has 0 amide bonds. The van der Waals surface area contributed by atoms with Gasteiger partial charge in [0.1, 0.15) is 11.9 Å². The first-order chi connectivity index (χ1) is 7.75. The molecule has 2 nitrogen and oxygen atoms in total. The molecule has 0 radical (unpaired) electrons. The smallest absolute Gasteiger partial charge is 0.132 e. The highest BCUT2D eigenvalue weighted by Gasteiger charge is 3.10. The predicted molar refractivity (Wildman–Crippen MR) is 55.6 cm³/mol. The molecule has 6 fully saturated rings. The van der Waals surface area contributed by atoms with E-state index in [0.29, 0.717) is 0 Å². The number of rotatable bonds is 2. The van der Waals surface area contributed by atoms with Crippen LogP contribution in [0.25, 0.3) is 0 Å². The van der Waals surface area contributed by atoms with Crippen molar-refractivity contribution in [2.75, 3.05) is 0 Å². The molecule has 1 unspecified atom stereocenters. The van der Waals surface area contributed by atoms with Crippen molar-refractivity contribution in [3.05, 3.63) is 24.2 Å². The summed E-state index contributed by atoms with van der Waals surface area (Å²) in [6, 6.07) is 3.77. The van der Waals surface area contributed by atoms with Crippen LogP contribution < -0.4 is 0 Å². The van der Waals surface area contributed by atoms with E-state index in [4.69, 9.17) is 16.0 Å². The van der Waals surface area contributed by atoms with E-state index in [-0.39, 0.29) is 16.4 Å². The van der Waals surface area contributed by atoms with Gasteiger partial charge in [0, 0.05) is 5.41 Å². The highest BCUT2D eigenvalue weighted by atomic mass is 35.5. The van der Waals surface area contributed by atoms with Crippen LogP contribution in [0.1, 0.15) is 11.9 Å². The molecule has 0 spiro atoms. The second kappa shape index (κ2) is 1.70. The summed E-state index contributed by atoms with van der Waals surface area (Å²) in [5, 5.41) is 10.5. The van der Waals surface area contributed by atoms with Gasteiger partial charge in [0.25, 0.3) is 0 Å². The Morgan fingerprint density at radius 2 is 1.81 bits per heavy atom. The van der Waals surface area contributed by atoms with Gasteiger partial charge in [-0.2, -0.15) is 0 Å². The van der Waals surface area contributed by atoms with E-state index in [1.165, 1.54) is 0 Å². The van der Waals surface area contributed by atoms with Crippen LogP contribution >= 0.6 is 11.6 Å². The van der Waals surface area contributed by atoms with E-state index in [2.05, 4.69) is 0 Å².